The second-order valence-corrected chi connectivity index (χ2v) is 6.29. The molecule has 2 atom stereocenters. The van der Waals surface area contributed by atoms with Gasteiger partial charge in [-0.05, 0) is 31.6 Å². The van der Waals surface area contributed by atoms with Crippen molar-refractivity contribution >= 4 is 18.3 Å². The maximum atomic E-state index is 12.3. The third-order valence-electron chi connectivity index (χ3n) is 4.52. The van der Waals surface area contributed by atoms with Crippen LogP contribution in [0.15, 0.2) is 0 Å². The van der Waals surface area contributed by atoms with E-state index in [0.29, 0.717) is 32.4 Å². The van der Waals surface area contributed by atoms with E-state index < -0.39 is 12.7 Å². The van der Waals surface area contributed by atoms with Gasteiger partial charge in [0, 0.05) is 31.6 Å². The summed E-state index contributed by atoms with van der Waals surface area (Å²) in [6, 6.07) is 0.115. The van der Waals surface area contributed by atoms with Crippen molar-refractivity contribution < 1.29 is 18.0 Å². The van der Waals surface area contributed by atoms with E-state index in [4.69, 9.17) is 5.73 Å². The number of nitrogens with zero attached hydrogens (tertiary/aromatic N) is 1. The lowest BCUT2D eigenvalue weighted by Crippen LogP contribution is -2.47. The van der Waals surface area contributed by atoms with Crippen molar-refractivity contribution in [3.05, 3.63) is 0 Å². The van der Waals surface area contributed by atoms with Gasteiger partial charge in [0.2, 0.25) is 5.91 Å². The maximum Gasteiger partial charge on any atom is 0.401 e. The molecule has 130 valence electrons. The fraction of sp³-hybridized carbons (Fsp3) is 0.929. The Balaban J connectivity index is 0.00000242. The van der Waals surface area contributed by atoms with Crippen LogP contribution >= 0.6 is 12.4 Å². The molecule has 0 spiro atoms. The van der Waals surface area contributed by atoms with Crippen molar-refractivity contribution in [2.45, 2.75) is 56.8 Å². The predicted molar refractivity (Wildman–Crippen MR) is 80.8 cm³/mol. The van der Waals surface area contributed by atoms with Gasteiger partial charge in [0.1, 0.15) is 0 Å². The molecular weight excluding hydrogens is 319 g/mol. The normalized spacial score (nSPS) is 27.5. The number of alkyl halides is 3. The number of hydrogen-bond donors (Lipinski definition) is 2. The Kier molecular flexibility index (Phi) is 7.41. The summed E-state index contributed by atoms with van der Waals surface area (Å²) >= 11 is 0. The number of amides is 1. The third-order valence-corrected chi connectivity index (χ3v) is 4.52. The fourth-order valence-electron chi connectivity index (χ4n) is 3.33. The van der Waals surface area contributed by atoms with Gasteiger partial charge in [-0.3, -0.25) is 9.69 Å². The second-order valence-electron chi connectivity index (χ2n) is 6.29. The quantitative estimate of drug-likeness (QED) is 0.821. The lowest BCUT2D eigenvalue weighted by Gasteiger charge is -2.33. The molecule has 2 rings (SSSR count). The third kappa shape index (κ3) is 6.30. The Labute approximate surface area is 135 Å². The molecular formula is C14H25ClF3N3O. The lowest BCUT2D eigenvalue weighted by atomic mass is 9.98. The fourth-order valence-corrected chi connectivity index (χ4v) is 3.33. The first kappa shape index (κ1) is 19.5. The van der Waals surface area contributed by atoms with Crippen molar-refractivity contribution in [3.63, 3.8) is 0 Å². The van der Waals surface area contributed by atoms with Crippen LogP contribution in [0.25, 0.3) is 0 Å². The molecule has 1 saturated heterocycles. The molecule has 0 aromatic heterocycles. The van der Waals surface area contributed by atoms with Crippen LogP contribution in [0.1, 0.15) is 38.5 Å². The van der Waals surface area contributed by atoms with Crippen LogP contribution in [-0.2, 0) is 4.79 Å². The van der Waals surface area contributed by atoms with E-state index in [-0.39, 0.29) is 36.3 Å². The van der Waals surface area contributed by atoms with E-state index in [9.17, 15) is 18.0 Å². The zero-order chi connectivity index (χ0) is 15.5. The van der Waals surface area contributed by atoms with Crippen molar-refractivity contribution in [1.82, 2.24) is 10.2 Å². The number of piperidine rings is 1. The van der Waals surface area contributed by atoms with Gasteiger partial charge in [0.25, 0.3) is 0 Å². The standard InChI is InChI=1S/C14H24F3N3O.ClH/c15-14(16,17)9-20-6-4-11(5-7-20)19-13(21)8-10-2-1-3-12(10)18;/h10-12H,1-9,18H2,(H,19,21);1H/t10-,12+;/m0./s1. The Morgan fingerprint density at radius 3 is 2.32 bits per heavy atom. The van der Waals surface area contributed by atoms with Crippen molar-refractivity contribution in [2.75, 3.05) is 19.6 Å². The summed E-state index contributed by atoms with van der Waals surface area (Å²) in [7, 11) is 0. The molecule has 22 heavy (non-hydrogen) atoms. The van der Waals surface area contributed by atoms with Crippen LogP contribution in [0.3, 0.4) is 0 Å². The lowest BCUT2D eigenvalue weighted by molar-refractivity contribution is -0.148. The van der Waals surface area contributed by atoms with Crippen LogP contribution in [-0.4, -0.2) is 48.7 Å². The van der Waals surface area contributed by atoms with E-state index in [2.05, 4.69) is 5.32 Å². The average Bonchev–Trinajstić information content (AvgIpc) is 2.76. The molecule has 4 nitrogen and oxygen atoms in total. The molecule has 2 fully saturated rings. The molecule has 0 unspecified atom stereocenters. The highest BCUT2D eigenvalue weighted by Gasteiger charge is 2.33. The summed E-state index contributed by atoms with van der Waals surface area (Å²) in [5, 5.41) is 2.95. The number of nitrogens with two attached hydrogens (primary N) is 1. The second kappa shape index (κ2) is 8.36. The molecule has 0 aromatic carbocycles. The van der Waals surface area contributed by atoms with Crippen LogP contribution in [0, 0.1) is 5.92 Å². The average molecular weight is 344 g/mol. The highest BCUT2D eigenvalue weighted by atomic mass is 35.5. The van der Waals surface area contributed by atoms with Gasteiger partial charge in [-0.1, -0.05) is 6.42 Å². The first-order valence-corrected chi connectivity index (χ1v) is 7.67. The molecule has 1 amide bonds. The van der Waals surface area contributed by atoms with Gasteiger partial charge < -0.3 is 11.1 Å². The summed E-state index contributed by atoms with van der Waals surface area (Å²) in [6.45, 7) is -0.0919. The molecule has 2 aliphatic rings. The first-order chi connectivity index (χ1) is 9.83. The van der Waals surface area contributed by atoms with Gasteiger partial charge in [-0.2, -0.15) is 13.2 Å². The number of carbonyl (C=O) groups excluding carboxylic acids is 1. The topological polar surface area (TPSA) is 58.4 Å². The Morgan fingerprint density at radius 2 is 1.82 bits per heavy atom. The minimum absolute atomic E-state index is 0. The Morgan fingerprint density at radius 1 is 1.18 bits per heavy atom. The SMILES string of the molecule is Cl.N[C@@H]1CCC[C@H]1CC(=O)NC1CCN(CC(F)(F)F)CC1. The molecule has 1 aliphatic heterocycles. The largest absolute Gasteiger partial charge is 0.401 e. The number of hydrogen-bond acceptors (Lipinski definition) is 3. The summed E-state index contributed by atoms with van der Waals surface area (Å²) in [6.07, 6.45) is 0.525. The van der Waals surface area contributed by atoms with Crippen LogP contribution in [0.4, 0.5) is 13.2 Å². The number of halogens is 4. The van der Waals surface area contributed by atoms with E-state index in [0.717, 1.165) is 19.3 Å². The van der Waals surface area contributed by atoms with Crippen molar-refractivity contribution in [3.8, 4) is 0 Å². The molecule has 1 aliphatic carbocycles. The molecule has 3 N–H and O–H groups in total. The first-order valence-electron chi connectivity index (χ1n) is 7.67. The summed E-state index contributed by atoms with van der Waals surface area (Å²) in [5.74, 6) is 0.252. The van der Waals surface area contributed by atoms with E-state index >= 15 is 0 Å². The minimum atomic E-state index is -4.14. The van der Waals surface area contributed by atoms with E-state index in [1.807, 2.05) is 0 Å². The summed E-state index contributed by atoms with van der Waals surface area (Å²) in [5.41, 5.74) is 5.94. The van der Waals surface area contributed by atoms with Crippen LogP contribution < -0.4 is 11.1 Å². The van der Waals surface area contributed by atoms with Crippen molar-refractivity contribution in [1.29, 1.82) is 0 Å². The van der Waals surface area contributed by atoms with Gasteiger partial charge in [0.05, 0.1) is 6.54 Å². The number of likely N-dealkylation sites (tertiary alicyclic amines) is 1. The number of rotatable bonds is 4. The predicted octanol–water partition coefficient (Wildman–Crippen LogP) is 2.07. The molecule has 1 saturated carbocycles. The highest BCUT2D eigenvalue weighted by molar-refractivity contribution is 5.85. The number of nitrogens with one attached hydrogen (secondary N) is 1. The van der Waals surface area contributed by atoms with E-state index in [1.54, 1.807) is 0 Å². The van der Waals surface area contributed by atoms with Crippen LogP contribution in [0.5, 0.6) is 0 Å². The molecule has 0 aromatic rings. The van der Waals surface area contributed by atoms with Crippen LogP contribution in [0.2, 0.25) is 0 Å². The molecule has 8 heteroatoms. The highest BCUT2D eigenvalue weighted by Crippen LogP contribution is 2.27. The molecule has 1 heterocycles. The minimum Gasteiger partial charge on any atom is -0.353 e. The monoisotopic (exact) mass is 343 g/mol. The van der Waals surface area contributed by atoms with Crippen molar-refractivity contribution in [2.24, 2.45) is 11.7 Å². The zero-order valence-corrected chi connectivity index (χ0v) is 13.4. The zero-order valence-electron chi connectivity index (χ0n) is 12.6. The summed E-state index contributed by atoms with van der Waals surface area (Å²) < 4.78 is 36.9. The Bertz CT molecular complexity index is 360. The van der Waals surface area contributed by atoms with Gasteiger partial charge in [-0.25, -0.2) is 0 Å². The maximum absolute atomic E-state index is 12.3. The molecule has 0 radical (unpaired) electrons. The summed E-state index contributed by atoms with van der Waals surface area (Å²) in [4.78, 5) is 13.4. The van der Waals surface area contributed by atoms with Gasteiger partial charge >= 0.3 is 6.18 Å². The molecule has 0 bridgehead atoms. The number of carbonyl (C=O) groups is 1. The Hall–Kier alpha value is -0.530. The van der Waals surface area contributed by atoms with E-state index in [1.165, 1.54) is 4.90 Å². The van der Waals surface area contributed by atoms with Gasteiger partial charge in [-0.15, -0.1) is 12.4 Å². The smallest absolute Gasteiger partial charge is 0.353 e. The van der Waals surface area contributed by atoms with Gasteiger partial charge in [0.15, 0.2) is 0 Å².